The van der Waals surface area contributed by atoms with E-state index in [0.29, 0.717) is 5.56 Å². The predicted molar refractivity (Wildman–Crippen MR) is 120 cm³/mol. The van der Waals surface area contributed by atoms with Crippen LogP contribution in [0.4, 0.5) is 10.8 Å². The van der Waals surface area contributed by atoms with Gasteiger partial charge in [0.1, 0.15) is 0 Å². The molecule has 0 radical (unpaired) electrons. The van der Waals surface area contributed by atoms with E-state index in [1.165, 1.54) is 5.56 Å². The summed E-state index contributed by atoms with van der Waals surface area (Å²) in [6, 6.07) is 7.78. The molecular weight excluding hydrogens is 368 g/mol. The molecule has 0 atom stereocenters. The fourth-order valence-corrected chi connectivity index (χ4v) is 3.81. The van der Waals surface area contributed by atoms with E-state index >= 15 is 0 Å². The van der Waals surface area contributed by atoms with Crippen LogP contribution in [0.1, 0.15) is 52.9 Å². The van der Waals surface area contributed by atoms with Crippen molar-refractivity contribution in [2.45, 2.75) is 48.0 Å². The van der Waals surface area contributed by atoms with Gasteiger partial charge < -0.3 is 5.32 Å². The van der Waals surface area contributed by atoms with Gasteiger partial charge in [-0.25, -0.2) is 4.98 Å². The molecule has 2 aromatic carbocycles. The number of carbonyl (C=O) groups is 1. The van der Waals surface area contributed by atoms with E-state index in [4.69, 9.17) is 0 Å². The Morgan fingerprint density at radius 3 is 2.54 bits per heavy atom. The number of thiazole rings is 1. The number of aryl methyl sites for hydroxylation is 4. The van der Waals surface area contributed by atoms with Crippen LogP contribution in [0.2, 0.25) is 0 Å². The Hall–Kier alpha value is -2.73. The number of carbonyl (C=O) groups excluding carboxylic acids is 1. The fourth-order valence-electron chi connectivity index (χ4n) is 2.92. The highest BCUT2D eigenvalue weighted by Crippen LogP contribution is 2.35. The van der Waals surface area contributed by atoms with Crippen LogP contribution in [0.3, 0.4) is 0 Å². The van der Waals surface area contributed by atoms with E-state index in [2.05, 4.69) is 27.8 Å². The largest absolute Gasteiger partial charge is 0.321 e. The van der Waals surface area contributed by atoms with Crippen molar-refractivity contribution in [2.75, 3.05) is 10.7 Å². The molecule has 5 nitrogen and oxygen atoms in total. The third-order valence-corrected chi connectivity index (χ3v) is 6.07. The van der Waals surface area contributed by atoms with Gasteiger partial charge in [-0.2, -0.15) is 5.10 Å². The number of fused-ring (bicyclic) bond motifs is 1. The molecule has 1 heterocycles. The van der Waals surface area contributed by atoms with E-state index in [0.717, 1.165) is 49.9 Å². The summed E-state index contributed by atoms with van der Waals surface area (Å²) in [5.41, 5.74) is 10.8. The van der Waals surface area contributed by atoms with Gasteiger partial charge in [0.15, 0.2) is 0 Å². The maximum Gasteiger partial charge on any atom is 0.255 e. The quantitative estimate of drug-likeness (QED) is 0.413. The lowest BCUT2D eigenvalue weighted by atomic mass is 10.0. The number of anilines is 2. The first-order valence-corrected chi connectivity index (χ1v) is 10.2. The number of amides is 1. The lowest BCUT2D eigenvalue weighted by Gasteiger charge is -2.13. The van der Waals surface area contributed by atoms with Crippen LogP contribution in [-0.2, 0) is 0 Å². The van der Waals surface area contributed by atoms with Gasteiger partial charge in [0, 0.05) is 17.0 Å². The second-order valence-electron chi connectivity index (χ2n) is 7.13. The van der Waals surface area contributed by atoms with Crippen molar-refractivity contribution in [1.82, 2.24) is 4.98 Å². The van der Waals surface area contributed by atoms with Gasteiger partial charge in [-0.15, -0.1) is 0 Å². The number of hydrogen-bond donors (Lipinski definition) is 2. The zero-order valence-corrected chi connectivity index (χ0v) is 18.0. The normalized spacial score (nSPS) is 11.7. The SMILES string of the molecule is CC/C(C)=N/Nc1nc2cc(C)c(NC(=O)c3ccc(C)c(C)c3)c(C)c2s1. The molecule has 28 heavy (non-hydrogen) atoms. The molecule has 1 aromatic heterocycles. The number of rotatable bonds is 5. The molecule has 0 aliphatic rings. The fraction of sp³-hybridized carbons (Fsp3) is 0.318. The van der Waals surface area contributed by atoms with E-state index < -0.39 is 0 Å². The first kappa shape index (κ1) is 20.0. The first-order chi connectivity index (χ1) is 13.3. The molecule has 2 N–H and O–H groups in total. The van der Waals surface area contributed by atoms with Crippen molar-refractivity contribution in [3.05, 3.63) is 52.1 Å². The van der Waals surface area contributed by atoms with Crippen molar-refractivity contribution in [3.63, 3.8) is 0 Å². The monoisotopic (exact) mass is 394 g/mol. The predicted octanol–water partition coefficient (Wildman–Crippen LogP) is 5.98. The molecule has 146 valence electrons. The topological polar surface area (TPSA) is 66.4 Å². The van der Waals surface area contributed by atoms with Crippen molar-refractivity contribution < 1.29 is 4.79 Å². The highest BCUT2D eigenvalue weighted by Gasteiger charge is 2.15. The van der Waals surface area contributed by atoms with Crippen molar-refractivity contribution in [3.8, 4) is 0 Å². The van der Waals surface area contributed by atoms with Crippen LogP contribution in [0.25, 0.3) is 10.2 Å². The van der Waals surface area contributed by atoms with Crippen LogP contribution in [0, 0.1) is 27.7 Å². The Kier molecular flexibility index (Phi) is 5.79. The molecule has 0 unspecified atom stereocenters. The van der Waals surface area contributed by atoms with Gasteiger partial charge in [0.05, 0.1) is 10.2 Å². The van der Waals surface area contributed by atoms with Crippen molar-refractivity contribution >= 4 is 44.0 Å². The van der Waals surface area contributed by atoms with Crippen LogP contribution in [0.15, 0.2) is 29.4 Å². The lowest BCUT2D eigenvalue weighted by molar-refractivity contribution is 0.102. The Morgan fingerprint density at radius 1 is 1.11 bits per heavy atom. The molecule has 6 heteroatoms. The summed E-state index contributed by atoms with van der Waals surface area (Å²) >= 11 is 1.55. The van der Waals surface area contributed by atoms with Gasteiger partial charge in [-0.3, -0.25) is 10.2 Å². The average Bonchev–Trinajstić information content (AvgIpc) is 3.08. The minimum absolute atomic E-state index is 0.0975. The highest BCUT2D eigenvalue weighted by molar-refractivity contribution is 7.22. The highest BCUT2D eigenvalue weighted by atomic mass is 32.1. The summed E-state index contributed by atoms with van der Waals surface area (Å²) in [6.07, 6.45) is 0.894. The summed E-state index contributed by atoms with van der Waals surface area (Å²) < 4.78 is 1.05. The molecule has 0 aliphatic heterocycles. The molecule has 3 rings (SSSR count). The summed E-state index contributed by atoms with van der Waals surface area (Å²) in [5, 5.41) is 8.18. The number of benzene rings is 2. The van der Waals surface area contributed by atoms with Crippen LogP contribution >= 0.6 is 11.3 Å². The third kappa shape index (κ3) is 4.07. The Balaban J connectivity index is 1.92. The van der Waals surface area contributed by atoms with Gasteiger partial charge in [0.25, 0.3) is 5.91 Å². The maximum absolute atomic E-state index is 12.8. The third-order valence-electron chi connectivity index (χ3n) is 4.98. The Morgan fingerprint density at radius 2 is 1.86 bits per heavy atom. The zero-order valence-electron chi connectivity index (χ0n) is 17.2. The Labute approximate surface area is 169 Å². The van der Waals surface area contributed by atoms with Crippen molar-refractivity contribution in [2.24, 2.45) is 5.10 Å². The van der Waals surface area contributed by atoms with E-state index in [-0.39, 0.29) is 5.91 Å². The molecule has 0 bridgehead atoms. The van der Waals surface area contributed by atoms with Gasteiger partial charge in [-0.05, 0) is 81.5 Å². The van der Waals surface area contributed by atoms with Crippen LogP contribution in [-0.4, -0.2) is 16.6 Å². The smallest absolute Gasteiger partial charge is 0.255 e. The molecule has 1 amide bonds. The van der Waals surface area contributed by atoms with Crippen LogP contribution in [0.5, 0.6) is 0 Å². The summed E-state index contributed by atoms with van der Waals surface area (Å²) in [6.45, 7) is 12.1. The number of nitrogens with zero attached hydrogens (tertiary/aromatic N) is 2. The Bertz CT molecular complexity index is 1080. The molecule has 0 fully saturated rings. The lowest BCUT2D eigenvalue weighted by Crippen LogP contribution is -2.14. The van der Waals surface area contributed by atoms with E-state index in [1.54, 1.807) is 11.3 Å². The van der Waals surface area contributed by atoms with Gasteiger partial charge in [-0.1, -0.05) is 24.3 Å². The molecular formula is C22H26N4OS. The second-order valence-corrected chi connectivity index (χ2v) is 8.13. The van der Waals surface area contributed by atoms with E-state index in [9.17, 15) is 4.79 Å². The maximum atomic E-state index is 12.8. The number of nitrogens with one attached hydrogen (secondary N) is 2. The second kappa shape index (κ2) is 8.10. The van der Waals surface area contributed by atoms with Gasteiger partial charge >= 0.3 is 0 Å². The minimum Gasteiger partial charge on any atom is -0.321 e. The van der Waals surface area contributed by atoms with Gasteiger partial charge in [0.2, 0.25) is 5.13 Å². The average molecular weight is 395 g/mol. The standard InChI is InChI=1S/C22H26N4OS/c1-7-15(5)25-26-22-23-18-11-14(4)19(16(6)20(18)28-22)24-21(27)17-9-8-12(2)13(3)10-17/h8-11H,7H2,1-6H3,(H,23,26)(H,24,27)/b25-15+. The molecule has 0 spiro atoms. The van der Waals surface area contributed by atoms with Crippen LogP contribution < -0.4 is 10.7 Å². The molecule has 0 saturated heterocycles. The molecule has 3 aromatic rings. The number of hydrazone groups is 1. The van der Waals surface area contributed by atoms with Crippen molar-refractivity contribution in [1.29, 1.82) is 0 Å². The first-order valence-electron chi connectivity index (χ1n) is 9.38. The molecule has 0 saturated carbocycles. The number of aromatic nitrogens is 1. The molecule has 0 aliphatic carbocycles. The zero-order chi connectivity index (χ0) is 20.4. The van der Waals surface area contributed by atoms with E-state index in [1.807, 2.05) is 58.9 Å². The number of hydrogen-bond acceptors (Lipinski definition) is 5. The summed E-state index contributed by atoms with van der Waals surface area (Å²) in [4.78, 5) is 17.4. The minimum atomic E-state index is -0.0975. The summed E-state index contributed by atoms with van der Waals surface area (Å²) in [7, 11) is 0. The summed E-state index contributed by atoms with van der Waals surface area (Å²) in [5.74, 6) is -0.0975.